The largest absolute Gasteiger partial charge is 0.454 e. The van der Waals surface area contributed by atoms with Gasteiger partial charge in [0, 0.05) is 30.1 Å². The summed E-state index contributed by atoms with van der Waals surface area (Å²) in [6.45, 7) is 2.52. The lowest BCUT2D eigenvalue weighted by Gasteiger charge is -2.27. The molecule has 2 aliphatic rings. The number of amides is 2. The van der Waals surface area contributed by atoms with Crippen LogP contribution < -0.4 is 20.5 Å². The summed E-state index contributed by atoms with van der Waals surface area (Å²) in [5.41, 5.74) is 8.74. The zero-order valence-corrected chi connectivity index (χ0v) is 17.5. The van der Waals surface area contributed by atoms with Gasteiger partial charge in [-0.15, -0.1) is 11.3 Å². The van der Waals surface area contributed by atoms with Crippen molar-refractivity contribution in [3.05, 3.63) is 75.7 Å². The van der Waals surface area contributed by atoms with Gasteiger partial charge < -0.3 is 20.5 Å². The van der Waals surface area contributed by atoms with Gasteiger partial charge in [0.15, 0.2) is 11.5 Å². The van der Waals surface area contributed by atoms with E-state index in [-0.39, 0.29) is 12.7 Å². The summed E-state index contributed by atoms with van der Waals surface area (Å²) in [6.07, 6.45) is 0.719. The maximum absolute atomic E-state index is 12.8. The normalized spacial score (nSPS) is 14.8. The van der Waals surface area contributed by atoms with E-state index in [2.05, 4.69) is 22.3 Å². The van der Waals surface area contributed by atoms with Crippen molar-refractivity contribution in [3.8, 4) is 11.5 Å². The van der Waals surface area contributed by atoms with Gasteiger partial charge in [-0.2, -0.15) is 0 Å². The van der Waals surface area contributed by atoms with Crippen molar-refractivity contribution in [3.63, 3.8) is 0 Å². The SMILES string of the molecule is NC(=O)c1c(NC(=O)c2ccc3c(c2)OCO3)sc2c1CCN(Cc1ccccc1)C2. The average molecular weight is 436 g/mol. The zero-order chi connectivity index (χ0) is 21.4. The molecule has 3 N–H and O–H groups in total. The Labute approximate surface area is 183 Å². The molecule has 3 aromatic rings. The molecule has 2 aliphatic heterocycles. The molecule has 2 aromatic carbocycles. The van der Waals surface area contributed by atoms with Gasteiger partial charge in [-0.05, 0) is 35.7 Å². The summed E-state index contributed by atoms with van der Waals surface area (Å²) in [6, 6.07) is 15.3. The molecule has 0 bridgehead atoms. The third kappa shape index (κ3) is 3.87. The minimum absolute atomic E-state index is 0.142. The highest BCUT2D eigenvalue weighted by Gasteiger charge is 2.28. The predicted molar refractivity (Wildman–Crippen MR) is 118 cm³/mol. The summed E-state index contributed by atoms with van der Waals surface area (Å²) >= 11 is 1.42. The van der Waals surface area contributed by atoms with Crippen LogP contribution in [-0.2, 0) is 19.5 Å². The van der Waals surface area contributed by atoms with E-state index in [4.69, 9.17) is 15.2 Å². The smallest absolute Gasteiger partial charge is 0.256 e. The lowest BCUT2D eigenvalue weighted by molar-refractivity contribution is 0.0999. The number of nitrogens with one attached hydrogen (secondary N) is 1. The van der Waals surface area contributed by atoms with Crippen LogP contribution in [0.3, 0.4) is 0 Å². The molecular weight excluding hydrogens is 414 g/mol. The molecule has 0 radical (unpaired) electrons. The van der Waals surface area contributed by atoms with Crippen LogP contribution in [0.15, 0.2) is 48.5 Å². The maximum Gasteiger partial charge on any atom is 0.256 e. The third-order valence-electron chi connectivity index (χ3n) is 5.49. The van der Waals surface area contributed by atoms with Crippen molar-refractivity contribution in [2.45, 2.75) is 19.5 Å². The van der Waals surface area contributed by atoms with Gasteiger partial charge in [-0.25, -0.2) is 0 Å². The van der Waals surface area contributed by atoms with Crippen LogP contribution in [0.25, 0.3) is 0 Å². The molecule has 3 heterocycles. The van der Waals surface area contributed by atoms with E-state index in [0.717, 1.165) is 36.5 Å². The molecule has 5 rings (SSSR count). The second kappa shape index (κ2) is 8.05. The van der Waals surface area contributed by atoms with Crippen LogP contribution in [0.4, 0.5) is 5.00 Å². The minimum atomic E-state index is -0.519. The number of fused-ring (bicyclic) bond motifs is 2. The first kappa shape index (κ1) is 19.6. The summed E-state index contributed by atoms with van der Waals surface area (Å²) in [7, 11) is 0. The Kier molecular flexibility index (Phi) is 5.09. The van der Waals surface area contributed by atoms with Crippen molar-refractivity contribution in [2.75, 3.05) is 18.7 Å². The Balaban J connectivity index is 1.37. The van der Waals surface area contributed by atoms with Crippen molar-refractivity contribution in [1.29, 1.82) is 0 Å². The Morgan fingerprint density at radius 2 is 1.90 bits per heavy atom. The summed E-state index contributed by atoms with van der Waals surface area (Å²) < 4.78 is 10.6. The number of anilines is 1. The molecule has 7 nitrogen and oxygen atoms in total. The molecule has 8 heteroatoms. The monoisotopic (exact) mass is 435 g/mol. The Morgan fingerprint density at radius 1 is 1.10 bits per heavy atom. The van der Waals surface area contributed by atoms with E-state index in [1.807, 2.05) is 18.2 Å². The lowest BCUT2D eigenvalue weighted by Crippen LogP contribution is -2.30. The number of nitrogens with zero attached hydrogens (tertiary/aromatic N) is 1. The van der Waals surface area contributed by atoms with E-state index in [9.17, 15) is 9.59 Å². The fourth-order valence-corrected chi connectivity index (χ4v) is 5.29. The number of ether oxygens (including phenoxy) is 2. The number of nitrogens with two attached hydrogens (primary N) is 1. The molecule has 0 saturated heterocycles. The maximum atomic E-state index is 12.8. The standard InChI is InChI=1S/C23H21N3O4S/c24-21(27)20-16-8-9-26(11-14-4-2-1-3-5-14)12-19(16)31-23(20)25-22(28)15-6-7-17-18(10-15)30-13-29-17/h1-7,10H,8-9,11-13H2,(H2,24,27)(H,25,28). The van der Waals surface area contributed by atoms with Crippen molar-refractivity contribution >= 4 is 28.2 Å². The number of carbonyl (C=O) groups is 2. The highest BCUT2D eigenvalue weighted by Crippen LogP contribution is 2.38. The van der Waals surface area contributed by atoms with E-state index in [0.29, 0.717) is 27.6 Å². The minimum Gasteiger partial charge on any atom is -0.454 e. The number of hydrogen-bond acceptors (Lipinski definition) is 6. The summed E-state index contributed by atoms with van der Waals surface area (Å²) in [5.74, 6) is 0.305. The number of hydrogen-bond donors (Lipinski definition) is 2. The van der Waals surface area contributed by atoms with Crippen molar-refractivity contribution in [2.24, 2.45) is 5.73 Å². The van der Waals surface area contributed by atoms with Crippen LogP contribution in [-0.4, -0.2) is 30.1 Å². The lowest BCUT2D eigenvalue weighted by atomic mass is 10.0. The van der Waals surface area contributed by atoms with Crippen molar-refractivity contribution < 1.29 is 19.1 Å². The fourth-order valence-electron chi connectivity index (χ4n) is 3.99. The van der Waals surface area contributed by atoms with Gasteiger partial charge >= 0.3 is 0 Å². The zero-order valence-electron chi connectivity index (χ0n) is 16.7. The molecule has 0 atom stereocenters. The molecule has 0 unspecified atom stereocenters. The number of primary amides is 1. The van der Waals surface area contributed by atoms with Crippen LogP contribution in [0.5, 0.6) is 11.5 Å². The van der Waals surface area contributed by atoms with Gasteiger partial charge in [-0.3, -0.25) is 14.5 Å². The number of benzene rings is 2. The highest BCUT2D eigenvalue weighted by atomic mass is 32.1. The second-order valence-corrected chi connectivity index (χ2v) is 8.65. The van der Waals surface area contributed by atoms with Crippen LogP contribution >= 0.6 is 11.3 Å². The molecular formula is C23H21N3O4S. The Morgan fingerprint density at radius 3 is 2.71 bits per heavy atom. The van der Waals surface area contributed by atoms with E-state index in [1.54, 1.807) is 18.2 Å². The third-order valence-corrected chi connectivity index (χ3v) is 6.63. The number of carbonyl (C=O) groups excluding carboxylic acids is 2. The molecule has 31 heavy (non-hydrogen) atoms. The predicted octanol–water partition coefficient (Wildman–Crippen LogP) is 3.39. The molecule has 2 amide bonds. The number of rotatable bonds is 5. The Hall–Kier alpha value is -3.36. The first-order valence-corrected chi connectivity index (χ1v) is 10.8. The fraction of sp³-hybridized carbons (Fsp3) is 0.217. The van der Waals surface area contributed by atoms with Gasteiger partial charge in [-0.1, -0.05) is 30.3 Å². The van der Waals surface area contributed by atoms with E-state index < -0.39 is 5.91 Å². The van der Waals surface area contributed by atoms with Crippen LogP contribution in [0.1, 0.15) is 36.7 Å². The second-order valence-electron chi connectivity index (χ2n) is 7.54. The highest BCUT2D eigenvalue weighted by molar-refractivity contribution is 7.17. The topological polar surface area (TPSA) is 93.9 Å². The van der Waals surface area contributed by atoms with Gasteiger partial charge in [0.2, 0.25) is 6.79 Å². The summed E-state index contributed by atoms with van der Waals surface area (Å²) in [4.78, 5) is 28.5. The Bertz CT molecular complexity index is 1160. The molecule has 0 fully saturated rings. The van der Waals surface area contributed by atoms with Gasteiger partial charge in [0.1, 0.15) is 5.00 Å². The molecule has 0 aliphatic carbocycles. The average Bonchev–Trinajstić information content (AvgIpc) is 3.37. The van der Waals surface area contributed by atoms with Crippen LogP contribution in [0, 0.1) is 0 Å². The van der Waals surface area contributed by atoms with Crippen LogP contribution in [0.2, 0.25) is 0 Å². The van der Waals surface area contributed by atoms with E-state index in [1.165, 1.54) is 16.9 Å². The summed E-state index contributed by atoms with van der Waals surface area (Å²) in [5, 5.41) is 3.39. The van der Waals surface area contributed by atoms with Crippen molar-refractivity contribution in [1.82, 2.24) is 4.90 Å². The molecule has 0 spiro atoms. The van der Waals surface area contributed by atoms with Gasteiger partial charge in [0.25, 0.3) is 11.8 Å². The van der Waals surface area contributed by atoms with Gasteiger partial charge in [0.05, 0.1) is 5.56 Å². The first-order valence-electron chi connectivity index (χ1n) is 10.00. The molecule has 158 valence electrons. The number of thiophene rings is 1. The molecule has 1 aromatic heterocycles. The van der Waals surface area contributed by atoms with E-state index >= 15 is 0 Å². The first-order chi connectivity index (χ1) is 15.1. The quantitative estimate of drug-likeness (QED) is 0.641. The molecule has 0 saturated carbocycles.